The summed E-state index contributed by atoms with van der Waals surface area (Å²) in [4.78, 5) is 10.1. The first kappa shape index (κ1) is 15.2. The molecule has 1 aliphatic rings. The van der Waals surface area contributed by atoms with Crippen LogP contribution in [0.1, 0.15) is 12.5 Å². The smallest absolute Gasteiger partial charge is 0.192 e. The minimum Gasteiger partial charge on any atom is -0.370 e. The Labute approximate surface area is 126 Å². The average Bonchev–Trinajstić information content (AvgIpc) is 2.73. The van der Waals surface area contributed by atoms with Crippen LogP contribution in [0.2, 0.25) is 0 Å². The van der Waals surface area contributed by atoms with E-state index in [0.29, 0.717) is 5.96 Å². The second-order valence-electron chi connectivity index (χ2n) is 5.63. The van der Waals surface area contributed by atoms with Crippen molar-refractivity contribution < 1.29 is 0 Å². The average molecular weight is 292 g/mol. The molecule has 1 aliphatic heterocycles. The molecule has 4 nitrogen and oxygen atoms in total. The molecule has 20 heavy (non-hydrogen) atoms. The van der Waals surface area contributed by atoms with Gasteiger partial charge in [0.15, 0.2) is 5.96 Å². The van der Waals surface area contributed by atoms with Crippen LogP contribution in [0, 0.1) is 0 Å². The minimum absolute atomic E-state index is 0.128. The molecule has 1 unspecified atom stereocenters. The first-order valence-electron chi connectivity index (χ1n) is 6.84. The molecule has 0 aliphatic carbocycles. The van der Waals surface area contributed by atoms with Gasteiger partial charge in [-0.05, 0) is 45.0 Å². The zero-order chi connectivity index (χ0) is 14.8. The maximum absolute atomic E-state index is 6.09. The molecule has 0 aromatic heterocycles. The molecule has 0 fully saturated rings. The van der Waals surface area contributed by atoms with Gasteiger partial charge in [-0.3, -0.25) is 4.99 Å². The van der Waals surface area contributed by atoms with Crippen LogP contribution in [0.15, 0.2) is 34.2 Å². The van der Waals surface area contributed by atoms with Crippen molar-refractivity contribution in [3.05, 3.63) is 29.8 Å². The standard InChI is InChI=1S/C15H24N4S/c1-15(12-5-7-13(20-4)8-6-12)11-17-14(16)19(15)10-9-18(2)3/h5-8H,9-11H2,1-4H3,(H2,16,17). The number of hydrogen-bond donors (Lipinski definition) is 1. The SMILES string of the molecule is CSc1ccc(C2(C)CN=C(N)N2CCN(C)C)cc1. The zero-order valence-corrected chi connectivity index (χ0v) is 13.6. The van der Waals surface area contributed by atoms with Gasteiger partial charge in [0.05, 0.1) is 12.1 Å². The summed E-state index contributed by atoms with van der Waals surface area (Å²) in [5.41, 5.74) is 7.24. The van der Waals surface area contributed by atoms with Crippen LogP contribution >= 0.6 is 11.8 Å². The molecule has 0 amide bonds. The summed E-state index contributed by atoms with van der Waals surface area (Å²) in [6.45, 7) is 4.81. The molecule has 0 spiro atoms. The third-order valence-corrected chi connectivity index (χ3v) is 4.65. The van der Waals surface area contributed by atoms with E-state index in [-0.39, 0.29) is 5.54 Å². The highest BCUT2D eigenvalue weighted by atomic mass is 32.2. The van der Waals surface area contributed by atoms with Crippen LogP contribution in [-0.2, 0) is 5.54 Å². The molecule has 1 atom stereocenters. The summed E-state index contributed by atoms with van der Waals surface area (Å²) >= 11 is 1.76. The lowest BCUT2D eigenvalue weighted by molar-refractivity contribution is 0.205. The number of aliphatic imine (C=N–C) groups is 1. The molecule has 2 N–H and O–H groups in total. The van der Waals surface area contributed by atoms with Crippen LogP contribution in [0.3, 0.4) is 0 Å². The van der Waals surface area contributed by atoms with E-state index < -0.39 is 0 Å². The van der Waals surface area contributed by atoms with Gasteiger partial charge in [-0.2, -0.15) is 0 Å². The predicted molar refractivity (Wildman–Crippen MR) is 87.3 cm³/mol. The van der Waals surface area contributed by atoms with Crippen molar-refractivity contribution in [1.82, 2.24) is 9.80 Å². The van der Waals surface area contributed by atoms with Crippen LogP contribution in [0.4, 0.5) is 0 Å². The first-order chi connectivity index (χ1) is 9.47. The van der Waals surface area contributed by atoms with Gasteiger partial charge in [-0.25, -0.2) is 0 Å². The van der Waals surface area contributed by atoms with Gasteiger partial charge < -0.3 is 15.5 Å². The summed E-state index contributed by atoms with van der Waals surface area (Å²) in [6.07, 6.45) is 2.09. The van der Waals surface area contributed by atoms with Gasteiger partial charge in [0.25, 0.3) is 0 Å². The fourth-order valence-electron chi connectivity index (χ4n) is 2.52. The first-order valence-corrected chi connectivity index (χ1v) is 8.06. The van der Waals surface area contributed by atoms with Gasteiger partial charge in [0.1, 0.15) is 0 Å². The van der Waals surface area contributed by atoms with E-state index in [1.54, 1.807) is 11.8 Å². The van der Waals surface area contributed by atoms with Crippen LogP contribution in [0.25, 0.3) is 0 Å². The van der Waals surface area contributed by atoms with E-state index in [1.807, 2.05) is 0 Å². The number of benzene rings is 1. The third-order valence-electron chi connectivity index (χ3n) is 3.90. The molecule has 1 aromatic rings. The fraction of sp³-hybridized carbons (Fsp3) is 0.533. The lowest BCUT2D eigenvalue weighted by Crippen LogP contribution is -2.49. The lowest BCUT2D eigenvalue weighted by atomic mass is 9.91. The van der Waals surface area contributed by atoms with Gasteiger partial charge >= 0.3 is 0 Å². The Balaban J connectivity index is 2.22. The van der Waals surface area contributed by atoms with Crippen LogP contribution in [0.5, 0.6) is 0 Å². The van der Waals surface area contributed by atoms with Crippen molar-refractivity contribution in [3.63, 3.8) is 0 Å². The highest BCUT2D eigenvalue weighted by molar-refractivity contribution is 7.98. The molecule has 0 saturated carbocycles. The summed E-state index contributed by atoms with van der Waals surface area (Å²) in [6, 6.07) is 8.74. The number of rotatable bonds is 5. The lowest BCUT2D eigenvalue weighted by Gasteiger charge is -2.37. The Kier molecular flexibility index (Phi) is 4.60. The van der Waals surface area contributed by atoms with E-state index in [2.05, 4.69) is 66.3 Å². The largest absolute Gasteiger partial charge is 0.370 e. The molecule has 2 rings (SSSR count). The monoisotopic (exact) mass is 292 g/mol. The van der Waals surface area contributed by atoms with Crippen molar-refractivity contribution in [2.45, 2.75) is 17.4 Å². The number of likely N-dealkylation sites (N-methyl/N-ethyl adjacent to an activating group) is 1. The van der Waals surface area contributed by atoms with Gasteiger partial charge in [0.2, 0.25) is 0 Å². The van der Waals surface area contributed by atoms with Gasteiger partial charge in [-0.1, -0.05) is 12.1 Å². The molecule has 0 saturated heterocycles. The number of hydrogen-bond acceptors (Lipinski definition) is 5. The molecule has 1 heterocycles. The molecular weight excluding hydrogens is 268 g/mol. The summed E-state index contributed by atoms with van der Waals surface area (Å²) in [5.74, 6) is 0.656. The predicted octanol–water partition coefficient (Wildman–Crippen LogP) is 1.82. The van der Waals surface area contributed by atoms with Crippen molar-refractivity contribution in [2.24, 2.45) is 10.7 Å². The molecule has 110 valence electrons. The highest BCUT2D eigenvalue weighted by Gasteiger charge is 2.39. The van der Waals surface area contributed by atoms with Gasteiger partial charge in [-0.15, -0.1) is 11.8 Å². The minimum atomic E-state index is -0.128. The van der Waals surface area contributed by atoms with Crippen molar-refractivity contribution in [1.29, 1.82) is 0 Å². The molecule has 0 bridgehead atoms. The Hall–Kier alpha value is -1.20. The molecular formula is C15H24N4S. The second kappa shape index (κ2) is 6.06. The number of nitrogens with zero attached hydrogens (tertiary/aromatic N) is 3. The Bertz CT molecular complexity index is 483. The Morgan fingerprint density at radius 2 is 2.00 bits per heavy atom. The van der Waals surface area contributed by atoms with Crippen LogP contribution < -0.4 is 5.73 Å². The highest BCUT2D eigenvalue weighted by Crippen LogP contribution is 2.33. The quantitative estimate of drug-likeness (QED) is 0.841. The van der Waals surface area contributed by atoms with E-state index >= 15 is 0 Å². The van der Waals surface area contributed by atoms with Crippen molar-refractivity contribution in [3.8, 4) is 0 Å². The number of thioether (sulfide) groups is 1. The van der Waals surface area contributed by atoms with E-state index in [1.165, 1.54) is 10.5 Å². The number of guanidine groups is 1. The maximum atomic E-state index is 6.09. The Morgan fingerprint density at radius 1 is 1.35 bits per heavy atom. The van der Waals surface area contributed by atoms with E-state index in [9.17, 15) is 0 Å². The zero-order valence-electron chi connectivity index (χ0n) is 12.8. The van der Waals surface area contributed by atoms with E-state index in [0.717, 1.165) is 19.6 Å². The topological polar surface area (TPSA) is 44.9 Å². The molecule has 0 radical (unpaired) electrons. The molecule has 1 aromatic carbocycles. The van der Waals surface area contributed by atoms with Crippen molar-refractivity contribution >= 4 is 17.7 Å². The Morgan fingerprint density at radius 3 is 2.55 bits per heavy atom. The summed E-state index contributed by atoms with van der Waals surface area (Å²) in [5, 5.41) is 0. The van der Waals surface area contributed by atoms with Crippen molar-refractivity contribution in [2.75, 3.05) is 40.0 Å². The summed E-state index contributed by atoms with van der Waals surface area (Å²) < 4.78 is 0. The molecule has 5 heteroatoms. The second-order valence-corrected chi connectivity index (χ2v) is 6.51. The van der Waals surface area contributed by atoms with E-state index in [4.69, 9.17) is 5.73 Å². The maximum Gasteiger partial charge on any atom is 0.192 e. The summed E-state index contributed by atoms with van der Waals surface area (Å²) in [7, 11) is 4.15. The number of nitrogens with two attached hydrogens (primary N) is 1. The van der Waals surface area contributed by atoms with Crippen LogP contribution in [-0.4, -0.2) is 55.7 Å². The normalized spacial score (nSPS) is 22.4. The fourth-order valence-corrected chi connectivity index (χ4v) is 2.93. The van der Waals surface area contributed by atoms with Gasteiger partial charge in [0, 0.05) is 18.0 Å². The third kappa shape index (κ3) is 2.94.